The minimum atomic E-state index is -0.370. The molecule has 0 aliphatic carbocycles. The van der Waals surface area contributed by atoms with E-state index in [1.165, 1.54) is 4.68 Å². The molecule has 132 valence electrons. The normalized spacial score (nSPS) is 22.4. The maximum Gasteiger partial charge on any atom is 0.268 e. The quantitative estimate of drug-likeness (QED) is 0.741. The van der Waals surface area contributed by atoms with Crippen molar-refractivity contribution in [2.24, 2.45) is 13.0 Å². The molecule has 0 unspecified atom stereocenters. The van der Waals surface area contributed by atoms with Gasteiger partial charge in [0.05, 0.1) is 18.5 Å². The number of rotatable bonds is 4. The number of aryl methyl sites for hydroxylation is 1. The molecule has 2 fully saturated rings. The zero-order valence-corrected chi connectivity index (χ0v) is 14.0. The summed E-state index contributed by atoms with van der Waals surface area (Å²) in [5.41, 5.74) is 0.783. The van der Waals surface area contributed by atoms with Crippen LogP contribution < -0.4 is 21.1 Å². The molecule has 8 nitrogen and oxygen atoms in total. The summed E-state index contributed by atoms with van der Waals surface area (Å²) in [6, 6.07) is 1.63. The summed E-state index contributed by atoms with van der Waals surface area (Å²) in [5.74, 6) is 0.432. The highest BCUT2D eigenvalue weighted by atomic mass is 16.5. The van der Waals surface area contributed by atoms with Gasteiger partial charge < -0.3 is 20.3 Å². The Morgan fingerprint density at radius 1 is 1.46 bits per heavy atom. The fourth-order valence-corrected chi connectivity index (χ4v) is 3.12. The van der Waals surface area contributed by atoms with Crippen LogP contribution in [0.5, 0.6) is 0 Å². The van der Waals surface area contributed by atoms with Crippen LogP contribution in [0.15, 0.2) is 17.1 Å². The summed E-state index contributed by atoms with van der Waals surface area (Å²) in [5, 5.41) is 10.2. The minimum Gasteiger partial charge on any atom is -0.370 e. The molecular weight excluding hydrogens is 310 g/mol. The molecule has 0 bridgehead atoms. The molecule has 2 aliphatic heterocycles. The molecular formula is C16H25N5O3. The number of carbonyl (C=O) groups excluding carboxylic acids is 1. The van der Waals surface area contributed by atoms with E-state index in [1.54, 1.807) is 19.3 Å². The van der Waals surface area contributed by atoms with Gasteiger partial charge in [-0.1, -0.05) is 0 Å². The van der Waals surface area contributed by atoms with Gasteiger partial charge in [0, 0.05) is 45.8 Å². The third kappa shape index (κ3) is 4.12. The highest BCUT2D eigenvalue weighted by Gasteiger charge is 2.24. The summed E-state index contributed by atoms with van der Waals surface area (Å²) in [6.45, 7) is 4.40. The molecule has 0 radical (unpaired) electrons. The second-order valence-corrected chi connectivity index (χ2v) is 6.41. The van der Waals surface area contributed by atoms with E-state index in [0.717, 1.165) is 38.2 Å². The third-order valence-electron chi connectivity index (χ3n) is 4.72. The van der Waals surface area contributed by atoms with Crippen LogP contribution in [0.4, 0.5) is 5.69 Å². The van der Waals surface area contributed by atoms with Crippen molar-refractivity contribution in [2.45, 2.75) is 18.9 Å². The predicted octanol–water partition coefficient (Wildman–Crippen LogP) is -0.899. The second-order valence-electron chi connectivity index (χ2n) is 6.41. The van der Waals surface area contributed by atoms with Crippen molar-refractivity contribution < 1.29 is 9.53 Å². The molecule has 3 rings (SSSR count). The van der Waals surface area contributed by atoms with Crippen LogP contribution in [0, 0.1) is 5.92 Å². The Labute approximate surface area is 141 Å². The number of ether oxygens (including phenoxy) is 1. The average molecular weight is 335 g/mol. The van der Waals surface area contributed by atoms with E-state index < -0.39 is 0 Å². The summed E-state index contributed by atoms with van der Waals surface area (Å²) >= 11 is 0. The number of amides is 1. The molecule has 0 aromatic carbocycles. The molecule has 24 heavy (non-hydrogen) atoms. The van der Waals surface area contributed by atoms with Crippen LogP contribution in [0.25, 0.3) is 0 Å². The first-order chi connectivity index (χ1) is 11.6. The number of anilines is 1. The monoisotopic (exact) mass is 335 g/mol. The fourth-order valence-electron chi connectivity index (χ4n) is 3.12. The number of nitrogens with zero attached hydrogens (tertiary/aromatic N) is 3. The van der Waals surface area contributed by atoms with Gasteiger partial charge in [-0.05, 0) is 18.8 Å². The van der Waals surface area contributed by atoms with E-state index in [2.05, 4.69) is 20.6 Å². The average Bonchev–Trinajstić information content (AvgIpc) is 2.63. The number of morpholine rings is 1. The summed E-state index contributed by atoms with van der Waals surface area (Å²) in [6.07, 6.45) is 3.33. The van der Waals surface area contributed by atoms with Crippen molar-refractivity contribution in [3.05, 3.63) is 22.6 Å². The van der Waals surface area contributed by atoms with Gasteiger partial charge >= 0.3 is 0 Å². The van der Waals surface area contributed by atoms with Crippen molar-refractivity contribution in [3.8, 4) is 0 Å². The number of piperidine rings is 1. The van der Waals surface area contributed by atoms with Gasteiger partial charge in [-0.2, -0.15) is 5.10 Å². The first-order valence-electron chi connectivity index (χ1n) is 8.52. The van der Waals surface area contributed by atoms with E-state index in [1.807, 2.05) is 0 Å². The Bertz CT molecular complexity index is 618. The van der Waals surface area contributed by atoms with Crippen LogP contribution in [0.2, 0.25) is 0 Å². The molecule has 2 saturated heterocycles. The molecule has 2 aliphatic rings. The van der Waals surface area contributed by atoms with Gasteiger partial charge in [0.15, 0.2) is 0 Å². The smallest absolute Gasteiger partial charge is 0.268 e. The van der Waals surface area contributed by atoms with Gasteiger partial charge in [0.2, 0.25) is 5.91 Å². The Balaban J connectivity index is 1.44. The largest absolute Gasteiger partial charge is 0.370 e. The molecule has 1 atom stereocenters. The highest BCUT2D eigenvalue weighted by Crippen LogP contribution is 2.21. The highest BCUT2D eigenvalue weighted by molar-refractivity contribution is 5.81. The lowest BCUT2D eigenvalue weighted by Gasteiger charge is -2.33. The van der Waals surface area contributed by atoms with Gasteiger partial charge in [-0.3, -0.25) is 9.59 Å². The van der Waals surface area contributed by atoms with E-state index in [4.69, 9.17) is 4.74 Å². The molecule has 1 aromatic heterocycles. The molecule has 0 saturated carbocycles. The van der Waals surface area contributed by atoms with Gasteiger partial charge in [-0.15, -0.1) is 0 Å². The lowest BCUT2D eigenvalue weighted by atomic mass is 9.96. The van der Waals surface area contributed by atoms with Crippen molar-refractivity contribution in [1.29, 1.82) is 0 Å². The Morgan fingerprint density at radius 3 is 2.92 bits per heavy atom. The maximum atomic E-state index is 12.1. The molecule has 0 spiro atoms. The van der Waals surface area contributed by atoms with Gasteiger partial charge in [0.25, 0.3) is 5.56 Å². The topological polar surface area (TPSA) is 88.5 Å². The number of hydrogen-bond acceptors (Lipinski definition) is 6. The van der Waals surface area contributed by atoms with Crippen molar-refractivity contribution in [3.63, 3.8) is 0 Å². The van der Waals surface area contributed by atoms with Crippen LogP contribution in [0.1, 0.15) is 12.8 Å². The first kappa shape index (κ1) is 16.9. The number of nitrogens with one attached hydrogen (secondary N) is 2. The SMILES string of the molecule is Cn1ncc(N2CCC(CNC(=O)[C@@H]3CNCCO3)CC2)cc1=O. The Hall–Kier alpha value is -1.93. The van der Waals surface area contributed by atoms with E-state index in [9.17, 15) is 9.59 Å². The summed E-state index contributed by atoms with van der Waals surface area (Å²) in [4.78, 5) is 25.9. The van der Waals surface area contributed by atoms with E-state index >= 15 is 0 Å². The maximum absolute atomic E-state index is 12.1. The lowest BCUT2D eigenvalue weighted by Crippen LogP contribution is -2.49. The third-order valence-corrected chi connectivity index (χ3v) is 4.72. The van der Waals surface area contributed by atoms with Crippen LogP contribution >= 0.6 is 0 Å². The zero-order valence-electron chi connectivity index (χ0n) is 14.0. The minimum absolute atomic E-state index is 0.0274. The van der Waals surface area contributed by atoms with E-state index in [0.29, 0.717) is 25.6 Å². The Kier molecular flexibility index (Phi) is 5.47. The van der Waals surface area contributed by atoms with Crippen LogP contribution in [-0.4, -0.2) is 61.1 Å². The first-order valence-corrected chi connectivity index (χ1v) is 8.52. The molecule has 8 heteroatoms. The second kappa shape index (κ2) is 7.76. The predicted molar refractivity (Wildman–Crippen MR) is 90.0 cm³/mol. The fraction of sp³-hybridized carbons (Fsp3) is 0.688. The molecule has 2 N–H and O–H groups in total. The standard InChI is InChI=1S/C16H25N5O3/c1-20-15(22)8-13(10-19-20)21-5-2-12(3-6-21)9-18-16(23)14-11-17-4-7-24-14/h8,10,12,14,17H,2-7,9,11H2,1H3,(H,18,23)/t14-/m0/s1. The van der Waals surface area contributed by atoms with Crippen LogP contribution in [-0.2, 0) is 16.6 Å². The number of hydrogen-bond donors (Lipinski definition) is 2. The molecule has 3 heterocycles. The van der Waals surface area contributed by atoms with Crippen molar-refractivity contribution in [1.82, 2.24) is 20.4 Å². The van der Waals surface area contributed by atoms with E-state index in [-0.39, 0.29) is 17.6 Å². The van der Waals surface area contributed by atoms with Crippen molar-refractivity contribution in [2.75, 3.05) is 44.2 Å². The number of carbonyl (C=O) groups is 1. The Morgan fingerprint density at radius 2 is 2.25 bits per heavy atom. The molecule has 1 amide bonds. The van der Waals surface area contributed by atoms with Gasteiger partial charge in [0.1, 0.15) is 6.10 Å². The number of aromatic nitrogens is 2. The van der Waals surface area contributed by atoms with Gasteiger partial charge in [-0.25, -0.2) is 4.68 Å². The molecule has 1 aromatic rings. The lowest BCUT2D eigenvalue weighted by molar-refractivity contribution is -0.134. The van der Waals surface area contributed by atoms with Crippen LogP contribution in [0.3, 0.4) is 0 Å². The summed E-state index contributed by atoms with van der Waals surface area (Å²) < 4.78 is 6.78. The zero-order chi connectivity index (χ0) is 16.9. The van der Waals surface area contributed by atoms with Crippen molar-refractivity contribution >= 4 is 11.6 Å². The summed E-state index contributed by atoms with van der Waals surface area (Å²) in [7, 11) is 1.65.